The second-order valence-electron chi connectivity index (χ2n) is 4.46. The van der Waals surface area contributed by atoms with Gasteiger partial charge in [0.1, 0.15) is 11.8 Å². The number of nitrogens with two attached hydrogens (primary N) is 1. The van der Waals surface area contributed by atoms with Gasteiger partial charge in [-0.25, -0.2) is 0 Å². The molecule has 2 unspecified atom stereocenters. The van der Waals surface area contributed by atoms with Crippen LogP contribution in [0, 0.1) is 0 Å². The van der Waals surface area contributed by atoms with Gasteiger partial charge in [0.05, 0.1) is 6.61 Å². The van der Waals surface area contributed by atoms with Crippen LogP contribution >= 0.6 is 0 Å². The molecular formula is C13H15F5N2O3. The summed E-state index contributed by atoms with van der Waals surface area (Å²) in [5.41, 5.74) is 4.71. The van der Waals surface area contributed by atoms with E-state index in [9.17, 15) is 26.7 Å². The number of rotatable bonds is 7. The van der Waals surface area contributed by atoms with Crippen molar-refractivity contribution in [3.05, 3.63) is 29.8 Å². The number of amides is 1. The first-order valence-electron chi connectivity index (χ1n) is 6.32. The molecule has 5 nitrogen and oxygen atoms in total. The number of halogens is 5. The Morgan fingerprint density at radius 2 is 1.91 bits per heavy atom. The maximum atomic E-state index is 13.2. The van der Waals surface area contributed by atoms with Gasteiger partial charge in [-0.05, 0) is 6.07 Å². The van der Waals surface area contributed by atoms with Gasteiger partial charge in [-0.15, -0.1) is 0 Å². The average Bonchev–Trinajstić information content (AvgIpc) is 2.44. The third-order valence-electron chi connectivity index (χ3n) is 2.74. The summed E-state index contributed by atoms with van der Waals surface area (Å²) >= 11 is 0. The van der Waals surface area contributed by atoms with E-state index in [4.69, 9.17) is 5.73 Å². The Hall–Kier alpha value is -1.94. The number of carbonyl (C=O) groups is 1. The molecule has 0 spiro atoms. The molecule has 0 aliphatic carbocycles. The SMILES string of the molecule is COCC(N)C(=O)NC(c1ccccc1OC(F)F)C(F)(F)F. The van der Waals surface area contributed by atoms with Gasteiger partial charge in [0.15, 0.2) is 6.04 Å². The van der Waals surface area contributed by atoms with Gasteiger partial charge in [0, 0.05) is 12.7 Å². The highest BCUT2D eigenvalue weighted by atomic mass is 19.4. The van der Waals surface area contributed by atoms with Crippen LogP contribution in [-0.4, -0.2) is 38.5 Å². The van der Waals surface area contributed by atoms with Gasteiger partial charge >= 0.3 is 12.8 Å². The van der Waals surface area contributed by atoms with Crippen molar-refractivity contribution in [2.45, 2.75) is 24.9 Å². The van der Waals surface area contributed by atoms with E-state index in [2.05, 4.69) is 9.47 Å². The highest BCUT2D eigenvalue weighted by Gasteiger charge is 2.44. The number of carbonyl (C=O) groups excluding carboxylic acids is 1. The number of methoxy groups -OCH3 is 1. The fraction of sp³-hybridized carbons (Fsp3) is 0.462. The largest absolute Gasteiger partial charge is 0.434 e. The third-order valence-corrected chi connectivity index (χ3v) is 2.74. The number of hydrogen-bond donors (Lipinski definition) is 2. The number of hydrogen-bond acceptors (Lipinski definition) is 4. The lowest BCUT2D eigenvalue weighted by Crippen LogP contribution is -2.48. The van der Waals surface area contributed by atoms with Crippen molar-refractivity contribution in [3.63, 3.8) is 0 Å². The molecule has 1 aromatic carbocycles. The molecule has 3 N–H and O–H groups in total. The van der Waals surface area contributed by atoms with Crippen molar-refractivity contribution in [1.82, 2.24) is 5.32 Å². The summed E-state index contributed by atoms with van der Waals surface area (Å²) in [4.78, 5) is 11.7. The van der Waals surface area contributed by atoms with E-state index in [1.54, 1.807) is 5.32 Å². The standard InChI is InChI=1S/C13H15F5N2O3/c1-22-6-8(19)11(21)20-10(13(16,17)18)7-4-2-3-5-9(7)23-12(14)15/h2-5,8,10,12H,6,19H2,1H3,(H,20,21). The van der Waals surface area contributed by atoms with Crippen LogP contribution in [0.3, 0.4) is 0 Å². The quantitative estimate of drug-likeness (QED) is 0.743. The van der Waals surface area contributed by atoms with E-state index in [1.807, 2.05) is 0 Å². The predicted molar refractivity (Wildman–Crippen MR) is 69.9 cm³/mol. The maximum absolute atomic E-state index is 13.2. The molecule has 2 atom stereocenters. The summed E-state index contributed by atoms with van der Waals surface area (Å²) in [5.74, 6) is -1.83. The molecule has 23 heavy (non-hydrogen) atoms. The topological polar surface area (TPSA) is 73.6 Å². The summed E-state index contributed by atoms with van der Waals surface area (Å²) in [5, 5.41) is 1.68. The molecule has 0 saturated heterocycles. The van der Waals surface area contributed by atoms with E-state index in [0.29, 0.717) is 0 Å². The zero-order valence-corrected chi connectivity index (χ0v) is 11.9. The van der Waals surface area contributed by atoms with Crippen molar-refractivity contribution in [2.24, 2.45) is 5.73 Å². The minimum absolute atomic E-state index is 0.300. The lowest BCUT2D eigenvalue weighted by molar-refractivity contribution is -0.165. The molecular weight excluding hydrogens is 327 g/mol. The van der Waals surface area contributed by atoms with Crippen LogP contribution in [0.4, 0.5) is 22.0 Å². The Morgan fingerprint density at radius 3 is 2.43 bits per heavy atom. The van der Waals surface area contributed by atoms with Crippen molar-refractivity contribution in [2.75, 3.05) is 13.7 Å². The Balaban J connectivity index is 3.11. The monoisotopic (exact) mass is 342 g/mol. The van der Waals surface area contributed by atoms with Gasteiger partial charge in [0.25, 0.3) is 0 Å². The summed E-state index contributed by atoms with van der Waals surface area (Å²) < 4.78 is 72.9. The molecule has 10 heteroatoms. The van der Waals surface area contributed by atoms with Crippen molar-refractivity contribution in [1.29, 1.82) is 0 Å². The maximum Gasteiger partial charge on any atom is 0.413 e. The van der Waals surface area contributed by atoms with Crippen LogP contribution in [-0.2, 0) is 9.53 Å². The van der Waals surface area contributed by atoms with Gasteiger partial charge in [0.2, 0.25) is 5.91 Å². The van der Waals surface area contributed by atoms with Crippen LogP contribution in [0.5, 0.6) is 5.75 Å². The molecule has 0 saturated carbocycles. The minimum Gasteiger partial charge on any atom is -0.434 e. The molecule has 0 aliphatic rings. The molecule has 0 radical (unpaired) electrons. The highest BCUT2D eigenvalue weighted by molar-refractivity contribution is 5.82. The summed E-state index contributed by atoms with van der Waals surface area (Å²) in [6.45, 7) is -3.61. The fourth-order valence-corrected chi connectivity index (χ4v) is 1.76. The van der Waals surface area contributed by atoms with E-state index in [0.717, 1.165) is 12.1 Å². The number of para-hydroxylation sites is 1. The minimum atomic E-state index is -4.94. The van der Waals surface area contributed by atoms with Crippen LogP contribution in [0.15, 0.2) is 24.3 Å². The van der Waals surface area contributed by atoms with E-state index in [1.165, 1.54) is 19.2 Å². The molecule has 0 bridgehead atoms. The molecule has 1 aromatic rings. The first-order valence-corrected chi connectivity index (χ1v) is 6.32. The van der Waals surface area contributed by atoms with E-state index < -0.39 is 42.1 Å². The summed E-state index contributed by atoms with van der Waals surface area (Å²) in [6.07, 6.45) is -4.94. The van der Waals surface area contributed by atoms with Gasteiger partial charge in [-0.1, -0.05) is 18.2 Å². The Kier molecular flexibility index (Phi) is 6.70. The van der Waals surface area contributed by atoms with Gasteiger partial charge in [-0.3, -0.25) is 4.79 Å². The zero-order chi connectivity index (χ0) is 17.6. The van der Waals surface area contributed by atoms with Crippen LogP contribution in [0.25, 0.3) is 0 Å². The molecule has 0 heterocycles. The predicted octanol–water partition coefficient (Wildman–Crippen LogP) is 1.98. The first kappa shape index (κ1) is 19.1. The Bertz CT molecular complexity index is 525. The third kappa shape index (κ3) is 5.64. The molecule has 130 valence electrons. The summed E-state index contributed by atoms with van der Waals surface area (Å²) in [6, 6.07) is 0.418. The van der Waals surface area contributed by atoms with Crippen molar-refractivity contribution in [3.8, 4) is 5.75 Å². The first-order chi connectivity index (χ1) is 10.7. The van der Waals surface area contributed by atoms with Crippen molar-refractivity contribution < 1.29 is 36.2 Å². The fourth-order valence-electron chi connectivity index (χ4n) is 1.76. The molecule has 1 amide bonds. The molecule has 0 fully saturated rings. The Labute approximate surface area is 128 Å². The lowest BCUT2D eigenvalue weighted by Gasteiger charge is -2.25. The van der Waals surface area contributed by atoms with E-state index >= 15 is 0 Å². The molecule has 1 rings (SSSR count). The van der Waals surface area contributed by atoms with Crippen LogP contribution < -0.4 is 15.8 Å². The summed E-state index contributed by atoms with van der Waals surface area (Å²) in [7, 11) is 1.22. The van der Waals surface area contributed by atoms with Crippen molar-refractivity contribution >= 4 is 5.91 Å². The number of benzene rings is 1. The number of nitrogens with one attached hydrogen (secondary N) is 1. The lowest BCUT2D eigenvalue weighted by atomic mass is 10.0. The van der Waals surface area contributed by atoms with Gasteiger partial charge in [-0.2, -0.15) is 22.0 Å². The van der Waals surface area contributed by atoms with Gasteiger partial charge < -0.3 is 20.5 Å². The Morgan fingerprint density at radius 1 is 1.30 bits per heavy atom. The number of alkyl halides is 5. The smallest absolute Gasteiger partial charge is 0.413 e. The van der Waals surface area contributed by atoms with E-state index in [-0.39, 0.29) is 6.61 Å². The zero-order valence-electron chi connectivity index (χ0n) is 11.9. The normalized spacial score (nSPS) is 14.4. The molecule has 0 aliphatic heterocycles. The molecule has 0 aromatic heterocycles. The second kappa shape index (κ2) is 8.06. The second-order valence-corrected chi connectivity index (χ2v) is 4.46. The average molecular weight is 342 g/mol. The number of ether oxygens (including phenoxy) is 2. The van der Waals surface area contributed by atoms with Crippen LogP contribution in [0.2, 0.25) is 0 Å². The highest BCUT2D eigenvalue weighted by Crippen LogP contribution is 2.37. The van der Waals surface area contributed by atoms with Crippen LogP contribution in [0.1, 0.15) is 11.6 Å².